The Bertz CT molecular complexity index is 530. The Morgan fingerprint density at radius 2 is 2.04 bits per heavy atom. The third kappa shape index (κ3) is 7.13. The van der Waals surface area contributed by atoms with Gasteiger partial charge in [0.05, 0.1) is 12.7 Å². The first-order valence-electron chi connectivity index (χ1n) is 9.07. The molecule has 0 amide bonds. The number of aromatic nitrogens is 1. The summed E-state index contributed by atoms with van der Waals surface area (Å²) in [5.41, 5.74) is -0.0162. The molecule has 0 aliphatic carbocycles. The minimum atomic E-state index is -0.0162. The fourth-order valence-corrected chi connectivity index (χ4v) is 2.90. The van der Waals surface area contributed by atoms with Gasteiger partial charge in [0, 0.05) is 31.6 Å². The molecule has 144 valence electrons. The van der Waals surface area contributed by atoms with Crippen molar-refractivity contribution in [3.63, 3.8) is 0 Å². The van der Waals surface area contributed by atoms with Crippen LogP contribution < -0.4 is 10.6 Å². The highest BCUT2D eigenvalue weighted by molar-refractivity contribution is 14.0. The zero-order valence-corrected chi connectivity index (χ0v) is 18.6. The van der Waals surface area contributed by atoms with E-state index >= 15 is 0 Å². The van der Waals surface area contributed by atoms with E-state index in [1.165, 1.54) is 13.0 Å². The molecule has 25 heavy (non-hydrogen) atoms. The maximum absolute atomic E-state index is 5.81. The van der Waals surface area contributed by atoms with Crippen molar-refractivity contribution >= 4 is 29.9 Å². The van der Waals surface area contributed by atoms with Gasteiger partial charge < -0.3 is 20.0 Å². The van der Waals surface area contributed by atoms with Crippen LogP contribution in [0.15, 0.2) is 15.6 Å². The number of aliphatic imine (C=N–C) groups is 1. The van der Waals surface area contributed by atoms with Crippen LogP contribution in [-0.2, 0) is 12.0 Å². The molecule has 2 rings (SSSR count). The molecule has 2 N–H and O–H groups in total. The first-order chi connectivity index (χ1) is 11.4. The van der Waals surface area contributed by atoms with E-state index in [9.17, 15) is 0 Å². The lowest BCUT2D eigenvalue weighted by Crippen LogP contribution is -2.48. The van der Waals surface area contributed by atoms with Crippen molar-refractivity contribution in [2.75, 3.05) is 26.7 Å². The summed E-state index contributed by atoms with van der Waals surface area (Å²) in [4.78, 5) is 11.2. The maximum Gasteiger partial charge on any atom is 0.213 e. The smallest absolute Gasteiger partial charge is 0.213 e. The summed E-state index contributed by atoms with van der Waals surface area (Å²) >= 11 is 0. The number of hydrogen-bond donors (Lipinski definition) is 2. The number of nitrogens with one attached hydrogen (secondary N) is 2. The highest BCUT2D eigenvalue weighted by atomic mass is 127. The molecular formula is C18H34IN5O. The Kier molecular flexibility index (Phi) is 9.20. The van der Waals surface area contributed by atoms with Gasteiger partial charge in [0.2, 0.25) is 5.89 Å². The monoisotopic (exact) mass is 463 g/mol. The molecule has 7 heteroatoms. The van der Waals surface area contributed by atoms with Crippen LogP contribution in [0.25, 0.3) is 0 Å². The third-order valence-electron chi connectivity index (χ3n) is 4.39. The largest absolute Gasteiger partial charge is 0.443 e. The van der Waals surface area contributed by atoms with Crippen LogP contribution in [0.5, 0.6) is 0 Å². The van der Waals surface area contributed by atoms with Crippen LogP contribution in [0.2, 0.25) is 0 Å². The first kappa shape index (κ1) is 22.2. The number of guanidine groups is 1. The lowest BCUT2D eigenvalue weighted by Gasteiger charge is -2.32. The second-order valence-electron chi connectivity index (χ2n) is 7.55. The first-order valence-corrected chi connectivity index (χ1v) is 9.07. The predicted molar refractivity (Wildman–Crippen MR) is 114 cm³/mol. The molecule has 0 radical (unpaired) electrons. The molecule has 0 unspecified atom stereocenters. The number of oxazole rings is 1. The molecule has 1 aromatic rings. The Labute approximate surface area is 169 Å². The molecule has 1 fully saturated rings. The van der Waals surface area contributed by atoms with E-state index in [1.807, 2.05) is 6.20 Å². The van der Waals surface area contributed by atoms with Crippen molar-refractivity contribution in [2.45, 2.75) is 65.0 Å². The molecule has 1 saturated heterocycles. The van der Waals surface area contributed by atoms with Gasteiger partial charge in [-0.2, -0.15) is 0 Å². The Balaban J connectivity index is 0.00000312. The predicted octanol–water partition coefficient (Wildman–Crippen LogP) is 3.13. The minimum Gasteiger partial charge on any atom is -0.443 e. The van der Waals surface area contributed by atoms with Crippen molar-refractivity contribution in [3.05, 3.63) is 17.8 Å². The number of likely N-dealkylation sites (tertiary alicyclic amines) is 1. The Hall–Kier alpha value is -0.830. The van der Waals surface area contributed by atoms with E-state index < -0.39 is 0 Å². The molecule has 0 saturated carbocycles. The quantitative estimate of drug-likeness (QED) is 0.399. The minimum absolute atomic E-state index is 0. The summed E-state index contributed by atoms with van der Waals surface area (Å²) in [6.07, 6.45) is 5.37. The summed E-state index contributed by atoms with van der Waals surface area (Å²) in [6.45, 7) is 12.7. The second kappa shape index (κ2) is 10.4. The molecule has 0 spiro atoms. The van der Waals surface area contributed by atoms with Gasteiger partial charge in [0.1, 0.15) is 5.76 Å². The van der Waals surface area contributed by atoms with E-state index in [0.717, 1.165) is 37.7 Å². The standard InChI is InChI=1S/C18H33N5O.HI/c1-6-9-23-10-7-14(8-11-23)22-17(19-5)21-13-16-20-12-15(24-16)18(2,3)4;/h12,14H,6-11,13H2,1-5H3,(H2,19,21,22);1H. The SMILES string of the molecule is CCCN1CCC(NC(=NC)NCc2ncc(C(C)(C)C)o2)CC1.I. The lowest BCUT2D eigenvalue weighted by atomic mass is 9.94. The van der Waals surface area contributed by atoms with Gasteiger partial charge in [0.15, 0.2) is 5.96 Å². The highest BCUT2D eigenvalue weighted by Gasteiger charge is 2.21. The Morgan fingerprint density at radius 3 is 2.56 bits per heavy atom. The zero-order valence-electron chi connectivity index (χ0n) is 16.3. The fraction of sp³-hybridized carbons (Fsp3) is 0.778. The topological polar surface area (TPSA) is 65.7 Å². The van der Waals surface area contributed by atoms with Crippen molar-refractivity contribution < 1.29 is 4.42 Å². The van der Waals surface area contributed by atoms with Gasteiger partial charge in [0.25, 0.3) is 0 Å². The summed E-state index contributed by atoms with van der Waals surface area (Å²) in [6, 6.07) is 0.485. The van der Waals surface area contributed by atoms with Gasteiger partial charge in [-0.15, -0.1) is 24.0 Å². The summed E-state index contributed by atoms with van der Waals surface area (Å²) in [5, 5.41) is 6.82. The maximum atomic E-state index is 5.81. The number of hydrogen-bond acceptors (Lipinski definition) is 4. The number of rotatable bonds is 5. The zero-order chi connectivity index (χ0) is 17.6. The van der Waals surface area contributed by atoms with Crippen molar-refractivity contribution in [2.24, 2.45) is 4.99 Å². The van der Waals surface area contributed by atoms with E-state index in [2.05, 4.69) is 53.2 Å². The summed E-state index contributed by atoms with van der Waals surface area (Å²) in [7, 11) is 1.80. The highest BCUT2D eigenvalue weighted by Crippen LogP contribution is 2.22. The van der Waals surface area contributed by atoms with E-state index in [1.54, 1.807) is 7.05 Å². The van der Waals surface area contributed by atoms with Gasteiger partial charge in [-0.3, -0.25) is 4.99 Å². The summed E-state index contributed by atoms with van der Waals surface area (Å²) in [5.74, 6) is 2.42. The van der Waals surface area contributed by atoms with Gasteiger partial charge in [-0.1, -0.05) is 27.7 Å². The van der Waals surface area contributed by atoms with Crippen LogP contribution in [0.1, 0.15) is 58.6 Å². The average molecular weight is 463 g/mol. The van der Waals surface area contributed by atoms with Crippen molar-refractivity contribution in [1.82, 2.24) is 20.5 Å². The van der Waals surface area contributed by atoms with Gasteiger partial charge in [-0.25, -0.2) is 4.98 Å². The molecule has 0 bridgehead atoms. The van der Waals surface area contributed by atoms with Crippen LogP contribution >= 0.6 is 24.0 Å². The Morgan fingerprint density at radius 1 is 1.36 bits per heavy atom. The number of piperidine rings is 1. The van der Waals surface area contributed by atoms with Crippen LogP contribution in [0.3, 0.4) is 0 Å². The van der Waals surface area contributed by atoms with E-state index in [4.69, 9.17) is 4.42 Å². The number of halogens is 1. The second-order valence-corrected chi connectivity index (χ2v) is 7.55. The molecule has 1 aromatic heterocycles. The summed E-state index contributed by atoms with van der Waals surface area (Å²) < 4.78 is 5.81. The lowest BCUT2D eigenvalue weighted by molar-refractivity contribution is 0.206. The van der Waals surface area contributed by atoms with Crippen molar-refractivity contribution in [1.29, 1.82) is 0 Å². The average Bonchev–Trinajstić information content (AvgIpc) is 3.02. The molecule has 6 nitrogen and oxygen atoms in total. The molecular weight excluding hydrogens is 429 g/mol. The molecule has 2 heterocycles. The van der Waals surface area contributed by atoms with Crippen LogP contribution in [0, 0.1) is 0 Å². The van der Waals surface area contributed by atoms with E-state index in [0.29, 0.717) is 18.5 Å². The van der Waals surface area contributed by atoms with Crippen LogP contribution in [0.4, 0.5) is 0 Å². The van der Waals surface area contributed by atoms with Gasteiger partial charge >= 0.3 is 0 Å². The van der Waals surface area contributed by atoms with Crippen LogP contribution in [-0.4, -0.2) is 48.6 Å². The molecule has 0 aromatic carbocycles. The fourth-order valence-electron chi connectivity index (χ4n) is 2.90. The van der Waals surface area contributed by atoms with Gasteiger partial charge in [-0.05, 0) is 25.8 Å². The normalized spacial score (nSPS) is 17.2. The molecule has 1 aliphatic heterocycles. The third-order valence-corrected chi connectivity index (χ3v) is 4.39. The number of nitrogens with zero attached hydrogens (tertiary/aromatic N) is 3. The molecule has 0 atom stereocenters. The van der Waals surface area contributed by atoms with Crippen molar-refractivity contribution in [3.8, 4) is 0 Å². The van der Waals surface area contributed by atoms with E-state index in [-0.39, 0.29) is 29.4 Å². The molecule has 1 aliphatic rings.